The first-order chi connectivity index (χ1) is 10.2. The lowest BCUT2D eigenvalue weighted by atomic mass is 10.3. The maximum Gasteiger partial charge on any atom is 0.573 e. The van der Waals surface area contributed by atoms with Crippen molar-refractivity contribution < 1.29 is 32.3 Å². The summed E-state index contributed by atoms with van der Waals surface area (Å²) in [6, 6.07) is 9.88. The lowest BCUT2D eigenvalue weighted by Gasteiger charge is -2.09. The smallest absolute Gasteiger partial charge is 0.504 e. The van der Waals surface area contributed by atoms with Crippen molar-refractivity contribution in [3.8, 4) is 11.5 Å². The highest BCUT2D eigenvalue weighted by atomic mass is 19.4. The van der Waals surface area contributed by atoms with E-state index in [2.05, 4.69) is 4.74 Å². The number of phenols is 1. The summed E-state index contributed by atoms with van der Waals surface area (Å²) in [6.07, 6.45) is -4.77. The number of nitro groups is 1. The second kappa shape index (κ2) is 7.25. The molecule has 0 amide bonds. The molecule has 9 heteroatoms. The van der Waals surface area contributed by atoms with Crippen LogP contribution in [0, 0.1) is 15.9 Å². The molecule has 0 radical (unpaired) electrons. The van der Waals surface area contributed by atoms with E-state index < -0.39 is 34.3 Å². The highest BCUT2D eigenvalue weighted by Gasteiger charge is 2.32. The largest absolute Gasteiger partial charge is 0.573 e. The molecule has 2 aromatic rings. The Hall–Kier alpha value is -2.84. The van der Waals surface area contributed by atoms with Crippen molar-refractivity contribution >= 4 is 5.69 Å². The summed E-state index contributed by atoms with van der Waals surface area (Å²) in [6.45, 7) is 0. The van der Waals surface area contributed by atoms with Crippen molar-refractivity contribution in [1.29, 1.82) is 0 Å². The highest BCUT2D eigenvalue weighted by molar-refractivity contribution is 5.38. The SMILES string of the molecule is O=[N+]([O-])c1ccccc1F.Oc1ccccc1OC(F)(F)F. The van der Waals surface area contributed by atoms with Crippen molar-refractivity contribution in [2.24, 2.45) is 0 Å². The van der Waals surface area contributed by atoms with E-state index in [0.29, 0.717) is 0 Å². The minimum atomic E-state index is -4.77. The monoisotopic (exact) mass is 319 g/mol. The predicted molar refractivity (Wildman–Crippen MR) is 67.8 cm³/mol. The van der Waals surface area contributed by atoms with Gasteiger partial charge in [-0.3, -0.25) is 10.1 Å². The van der Waals surface area contributed by atoms with Crippen molar-refractivity contribution in [1.82, 2.24) is 0 Å². The number of halogens is 4. The summed E-state index contributed by atoms with van der Waals surface area (Å²) in [4.78, 5) is 9.23. The summed E-state index contributed by atoms with van der Waals surface area (Å²) in [5, 5.41) is 18.8. The first-order valence-electron chi connectivity index (χ1n) is 5.63. The highest BCUT2D eigenvalue weighted by Crippen LogP contribution is 2.30. The zero-order valence-corrected chi connectivity index (χ0v) is 10.7. The minimum Gasteiger partial charge on any atom is -0.504 e. The zero-order valence-electron chi connectivity index (χ0n) is 10.7. The third-order valence-corrected chi connectivity index (χ3v) is 2.14. The van der Waals surface area contributed by atoms with Crippen LogP contribution in [-0.2, 0) is 0 Å². The number of nitrogens with zero attached hydrogens (tertiary/aromatic N) is 1. The Kier molecular flexibility index (Phi) is 5.67. The molecule has 5 nitrogen and oxygen atoms in total. The molecule has 2 rings (SSSR count). The van der Waals surface area contributed by atoms with Gasteiger partial charge >= 0.3 is 12.0 Å². The van der Waals surface area contributed by atoms with E-state index in [1.54, 1.807) is 0 Å². The maximum atomic E-state index is 12.4. The third kappa shape index (κ3) is 5.65. The molecule has 0 heterocycles. The molecule has 0 unspecified atom stereocenters. The molecule has 0 aromatic heterocycles. The molecule has 118 valence electrons. The van der Waals surface area contributed by atoms with Crippen LogP contribution in [-0.4, -0.2) is 16.4 Å². The topological polar surface area (TPSA) is 72.6 Å². The van der Waals surface area contributed by atoms with Crippen LogP contribution < -0.4 is 4.74 Å². The summed E-state index contributed by atoms with van der Waals surface area (Å²) in [5.41, 5.74) is -0.484. The van der Waals surface area contributed by atoms with Gasteiger partial charge < -0.3 is 9.84 Å². The molecule has 0 aliphatic rings. The van der Waals surface area contributed by atoms with Gasteiger partial charge in [-0.25, -0.2) is 0 Å². The second-order valence-electron chi connectivity index (χ2n) is 3.72. The van der Waals surface area contributed by atoms with Crippen LogP contribution in [0.25, 0.3) is 0 Å². The van der Waals surface area contributed by atoms with Gasteiger partial charge in [0.15, 0.2) is 11.5 Å². The molecule has 0 aliphatic carbocycles. The number of ether oxygens (including phenoxy) is 1. The van der Waals surface area contributed by atoms with E-state index in [1.807, 2.05) is 0 Å². The Morgan fingerprint density at radius 2 is 1.59 bits per heavy atom. The average molecular weight is 319 g/mol. The van der Waals surface area contributed by atoms with Gasteiger partial charge in [0.2, 0.25) is 5.82 Å². The Labute approximate surface area is 121 Å². The van der Waals surface area contributed by atoms with Gasteiger partial charge in [0.1, 0.15) is 0 Å². The van der Waals surface area contributed by atoms with Gasteiger partial charge in [-0.2, -0.15) is 4.39 Å². The van der Waals surface area contributed by atoms with Gasteiger partial charge in [0.05, 0.1) is 4.92 Å². The number of hydrogen-bond donors (Lipinski definition) is 1. The van der Waals surface area contributed by atoms with Gasteiger partial charge in [0, 0.05) is 6.07 Å². The van der Waals surface area contributed by atoms with E-state index in [4.69, 9.17) is 5.11 Å². The predicted octanol–water partition coefficient (Wildman–Crippen LogP) is 4.02. The number of phenolic OH excluding ortho intramolecular Hbond substituents is 1. The average Bonchev–Trinajstić information content (AvgIpc) is 2.41. The Balaban J connectivity index is 0.000000224. The lowest BCUT2D eigenvalue weighted by Crippen LogP contribution is -2.17. The second-order valence-corrected chi connectivity index (χ2v) is 3.72. The van der Waals surface area contributed by atoms with Crippen LogP contribution in [0.1, 0.15) is 0 Å². The molecule has 2 aromatic carbocycles. The lowest BCUT2D eigenvalue weighted by molar-refractivity contribution is -0.387. The maximum absolute atomic E-state index is 12.4. The number of hydrogen-bond acceptors (Lipinski definition) is 4. The van der Waals surface area contributed by atoms with Crippen LogP contribution in [0.15, 0.2) is 48.5 Å². The minimum absolute atomic E-state index is 0.484. The molecule has 0 spiro atoms. The first-order valence-corrected chi connectivity index (χ1v) is 5.63. The number of para-hydroxylation sites is 3. The van der Waals surface area contributed by atoms with E-state index >= 15 is 0 Å². The summed E-state index contributed by atoms with van der Waals surface area (Å²) < 4.78 is 50.6. The summed E-state index contributed by atoms with van der Waals surface area (Å²) >= 11 is 0. The molecule has 0 saturated carbocycles. The number of aromatic hydroxyl groups is 1. The molecule has 0 saturated heterocycles. The molecule has 22 heavy (non-hydrogen) atoms. The van der Waals surface area contributed by atoms with Gasteiger partial charge in [-0.1, -0.05) is 24.3 Å². The molecular formula is C13H9F4NO4. The van der Waals surface area contributed by atoms with E-state index in [9.17, 15) is 27.7 Å². The van der Waals surface area contributed by atoms with Gasteiger partial charge in [-0.05, 0) is 18.2 Å². The van der Waals surface area contributed by atoms with Crippen LogP contribution in [0.5, 0.6) is 11.5 Å². The Morgan fingerprint density at radius 1 is 1.05 bits per heavy atom. The summed E-state index contributed by atoms with van der Waals surface area (Å²) in [7, 11) is 0. The van der Waals surface area contributed by atoms with Gasteiger partial charge in [0.25, 0.3) is 0 Å². The number of rotatable bonds is 2. The standard InChI is InChI=1S/C7H5F3O2.C6H4FNO2/c8-7(9,10)12-6-4-2-1-3-5(6)11;7-5-3-1-2-4-6(5)8(9)10/h1-4,11H;1-4H. The third-order valence-electron chi connectivity index (χ3n) is 2.14. The molecule has 0 atom stereocenters. The number of nitro benzene ring substituents is 1. The van der Waals surface area contributed by atoms with Gasteiger partial charge in [-0.15, -0.1) is 13.2 Å². The summed E-state index contributed by atoms with van der Waals surface area (Å²) in [5.74, 6) is -1.92. The van der Waals surface area contributed by atoms with Crippen LogP contribution in [0.3, 0.4) is 0 Å². The molecule has 0 bridgehead atoms. The van der Waals surface area contributed by atoms with Crippen LogP contribution in [0.2, 0.25) is 0 Å². The van der Waals surface area contributed by atoms with Crippen LogP contribution >= 0.6 is 0 Å². The number of benzene rings is 2. The normalized spacial score (nSPS) is 10.4. The van der Waals surface area contributed by atoms with Crippen molar-refractivity contribution in [3.05, 3.63) is 64.5 Å². The fourth-order valence-electron chi connectivity index (χ4n) is 1.27. The fraction of sp³-hybridized carbons (Fsp3) is 0.0769. The Bertz CT molecular complexity index is 646. The Morgan fingerprint density at radius 3 is 2.05 bits per heavy atom. The van der Waals surface area contributed by atoms with E-state index in [0.717, 1.165) is 24.3 Å². The molecule has 0 aliphatic heterocycles. The fourth-order valence-corrected chi connectivity index (χ4v) is 1.27. The molecule has 1 N–H and O–H groups in total. The van der Waals surface area contributed by atoms with Crippen molar-refractivity contribution in [2.45, 2.75) is 6.36 Å². The van der Waals surface area contributed by atoms with Crippen molar-refractivity contribution in [3.63, 3.8) is 0 Å². The molecular weight excluding hydrogens is 310 g/mol. The molecule has 0 fully saturated rings. The number of alkyl halides is 3. The van der Waals surface area contributed by atoms with Crippen molar-refractivity contribution in [2.75, 3.05) is 0 Å². The van der Waals surface area contributed by atoms with E-state index in [1.165, 1.54) is 24.3 Å². The quantitative estimate of drug-likeness (QED) is 0.515. The van der Waals surface area contributed by atoms with Crippen LogP contribution in [0.4, 0.5) is 23.2 Å². The zero-order chi connectivity index (χ0) is 16.8. The van der Waals surface area contributed by atoms with E-state index in [-0.39, 0.29) is 0 Å². The first kappa shape index (κ1) is 17.2.